The van der Waals surface area contributed by atoms with Crippen LogP contribution in [0.25, 0.3) is 33.4 Å². The highest BCUT2D eigenvalue weighted by atomic mass is 19.1. The van der Waals surface area contributed by atoms with Gasteiger partial charge in [-0.1, -0.05) is 42.5 Å². The number of nitrogens with two attached hydrogens (primary N) is 1. The summed E-state index contributed by atoms with van der Waals surface area (Å²) in [6, 6.07) is 23.5. The van der Waals surface area contributed by atoms with Gasteiger partial charge in [0.15, 0.2) is 17.3 Å². The van der Waals surface area contributed by atoms with Gasteiger partial charge in [-0.3, -0.25) is 4.90 Å². The molecule has 0 saturated carbocycles. The van der Waals surface area contributed by atoms with Crippen LogP contribution in [0.4, 0.5) is 21.6 Å². The zero-order valence-electron chi connectivity index (χ0n) is 25.4. The van der Waals surface area contributed by atoms with Crippen LogP contribution in [0.2, 0.25) is 0 Å². The van der Waals surface area contributed by atoms with Crippen molar-refractivity contribution in [3.05, 3.63) is 90.2 Å². The fourth-order valence-corrected chi connectivity index (χ4v) is 5.41. The van der Waals surface area contributed by atoms with Crippen LogP contribution in [-0.4, -0.2) is 79.5 Å². The lowest BCUT2D eigenvalue weighted by Crippen LogP contribution is -2.45. The molecule has 0 radical (unpaired) electrons. The number of aromatic nitrogens is 2. The molecule has 0 bridgehead atoms. The molecule has 1 aromatic heterocycles. The Morgan fingerprint density at radius 3 is 2.47 bits per heavy atom. The van der Waals surface area contributed by atoms with E-state index >= 15 is 4.39 Å². The van der Waals surface area contributed by atoms with Gasteiger partial charge in [0.05, 0.1) is 12.6 Å². The van der Waals surface area contributed by atoms with Gasteiger partial charge in [-0.25, -0.2) is 14.4 Å². The first-order chi connectivity index (χ1) is 21.9. The first-order valence-corrected chi connectivity index (χ1v) is 14.9. The smallest absolute Gasteiger partial charge is 0.162 e. The zero-order chi connectivity index (χ0) is 31.3. The maximum absolute atomic E-state index is 15.4. The molecule has 1 aliphatic rings. The van der Waals surface area contributed by atoms with Crippen LogP contribution in [0.5, 0.6) is 11.5 Å². The molecule has 2 heterocycles. The third-order valence-corrected chi connectivity index (χ3v) is 8.06. The van der Waals surface area contributed by atoms with E-state index in [0.717, 1.165) is 38.3 Å². The van der Waals surface area contributed by atoms with E-state index in [4.69, 9.17) is 30.6 Å². The molecule has 0 aliphatic carbocycles. The van der Waals surface area contributed by atoms with Crippen molar-refractivity contribution < 1.29 is 13.9 Å². The summed E-state index contributed by atoms with van der Waals surface area (Å²) >= 11 is 0. The molecule has 230 valence electrons. The highest BCUT2D eigenvalue weighted by molar-refractivity contribution is 5.95. The second kappa shape index (κ2) is 13.3. The average Bonchev–Trinajstić information content (AvgIpc) is 3.06. The van der Waals surface area contributed by atoms with Crippen molar-refractivity contribution in [2.45, 2.75) is 0 Å². The number of nitrogen functional groups attached to an aromatic ring is 1. The van der Waals surface area contributed by atoms with Gasteiger partial charge < -0.3 is 30.8 Å². The summed E-state index contributed by atoms with van der Waals surface area (Å²) in [7, 11) is 3.74. The molecule has 9 nitrogen and oxygen atoms in total. The van der Waals surface area contributed by atoms with E-state index in [2.05, 4.69) is 22.2 Å². The number of nitrogens with one attached hydrogen (secondary N) is 2. The van der Waals surface area contributed by atoms with Crippen molar-refractivity contribution >= 4 is 34.3 Å². The zero-order valence-corrected chi connectivity index (χ0v) is 25.4. The van der Waals surface area contributed by atoms with Crippen molar-refractivity contribution in [1.29, 1.82) is 5.41 Å². The third kappa shape index (κ3) is 6.72. The molecule has 45 heavy (non-hydrogen) atoms. The molecule has 0 atom stereocenters. The number of methoxy groups -OCH3 is 1. The molecule has 6 rings (SSSR count). The van der Waals surface area contributed by atoms with Crippen LogP contribution in [0, 0.1) is 11.2 Å². The fourth-order valence-electron chi connectivity index (χ4n) is 5.41. The third-order valence-electron chi connectivity index (χ3n) is 8.06. The van der Waals surface area contributed by atoms with Crippen molar-refractivity contribution in [3.63, 3.8) is 0 Å². The highest BCUT2D eigenvalue weighted by Crippen LogP contribution is 2.37. The van der Waals surface area contributed by atoms with E-state index in [1.807, 2.05) is 54.6 Å². The van der Waals surface area contributed by atoms with E-state index < -0.39 is 0 Å². The Morgan fingerprint density at radius 1 is 0.933 bits per heavy atom. The molecule has 4 N–H and O–H groups in total. The van der Waals surface area contributed by atoms with Crippen LogP contribution >= 0.6 is 0 Å². The summed E-state index contributed by atoms with van der Waals surface area (Å²) < 4.78 is 27.4. The molecule has 4 aromatic carbocycles. The van der Waals surface area contributed by atoms with E-state index in [9.17, 15) is 0 Å². The summed E-state index contributed by atoms with van der Waals surface area (Å²) in [6.07, 6.45) is 1.21. The van der Waals surface area contributed by atoms with Gasteiger partial charge in [0.1, 0.15) is 18.2 Å². The monoisotopic (exact) mass is 605 g/mol. The maximum atomic E-state index is 15.4. The predicted molar refractivity (Wildman–Crippen MR) is 178 cm³/mol. The van der Waals surface area contributed by atoms with E-state index in [1.54, 1.807) is 25.3 Å². The Labute approximate surface area is 261 Å². The van der Waals surface area contributed by atoms with Crippen molar-refractivity contribution in [1.82, 2.24) is 19.8 Å². The lowest BCUT2D eigenvalue weighted by Gasteiger charge is -2.32. The fraction of sp³-hybridized carbons (Fsp3) is 0.229. The van der Waals surface area contributed by atoms with Crippen LogP contribution in [0.15, 0.2) is 78.9 Å². The largest absolute Gasteiger partial charge is 0.493 e. The molecule has 10 heteroatoms. The lowest BCUT2D eigenvalue weighted by molar-refractivity contribution is 0.133. The normalized spacial score (nSPS) is 13.9. The first-order valence-electron chi connectivity index (χ1n) is 14.9. The second-order valence-corrected chi connectivity index (χ2v) is 11.1. The number of anilines is 3. The van der Waals surface area contributed by atoms with Gasteiger partial charge in [0.25, 0.3) is 0 Å². The number of hydrogen-bond donors (Lipinski definition) is 3. The maximum Gasteiger partial charge on any atom is 0.162 e. The van der Waals surface area contributed by atoms with E-state index in [-0.39, 0.29) is 5.82 Å². The van der Waals surface area contributed by atoms with Crippen molar-refractivity contribution in [2.24, 2.45) is 0 Å². The van der Waals surface area contributed by atoms with Crippen LogP contribution in [0.3, 0.4) is 0 Å². The van der Waals surface area contributed by atoms with Crippen LogP contribution in [0.1, 0.15) is 5.56 Å². The van der Waals surface area contributed by atoms with Gasteiger partial charge in [-0.15, -0.1) is 0 Å². The summed E-state index contributed by atoms with van der Waals surface area (Å²) in [5.74, 6) is 1.59. The lowest BCUT2D eigenvalue weighted by atomic mass is 10.0. The number of likely N-dealkylation sites (N-methyl/N-ethyl adjacent to an activating group) is 1. The topological polar surface area (TPSA) is 113 Å². The summed E-state index contributed by atoms with van der Waals surface area (Å²) in [5.41, 5.74) is 10.2. The Balaban J connectivity index is 1.38. The first kappa shape index (κ1) is 30.0. The predicted octanol–water partition coefficient (Wildman–Crippen LogP) is 6.06. The molecule has 5 aromatic rings. The average molecular weight is 606 g/mol. The number of halogens is 1. The van der Waals surface area contributed by atoms with Gasteiger partial charge >= 0.3 is 0 Å². The van der Waals surface area contributed by atoms with Gasteiger partial charge in [-0.2, -0.15) is 0 Å². The van der Waals surface area contributed by atoms with Gasteiger partial charge in [-0.05, 0) is 42.9 Å². The number of hydrogen-bond acceptors (Lipinski definition) is 9. The summed E-state index contributed by atoms with van der Waals surface area (Å²) in [6.45, 7) is 5.39. The van der Waals surface area contributed by atoms with Crippen molar-refractivity contribution in [3.8, 4) is 34.0 Å². The molecule has 1 fully saturated rings. The molecule has 1 aliphatic heterocycles. The standard InChI is InChI=1S/C35H36FN7O2/c1-42-12-14-43(15-13-42)16-17-45-33-20-28-31(21-32(33)44-2)40-34(41-35(28)39-26-9-11-30(38)25(18-26)22-37)24-8-10-27(29(36)19-24)23-6-4-3-5-7-23/h3-11,18-22,37H,12-17,38H2,1-2H3,(H,39,40,41). The molecule has 1 saturated heterocycles. The molecule has 0 spiro atoms. The summed E-state index contributed by atoms with van der Waals surface area (Å²) in [5, 5.41) is 11.8. The number of fused-ring (bicyclic) bond motifs is 1. The quantitative estimate of drug-likeness (QED) is 0.130. The Kier molecular flexibility index (Phi) is 8.86. The van der Waals surface area contributed by atoms with Gasteiger partial charge in [0, 0.05) is 78.5 Å². The number of piperazine rings is 1. The molecular formula is C35H36FN7O2. The molecule has 0 unspecified atom stereocenters. The highest BCUT2D eigenvalue weighted by Gasteiger charge is 2.18. The number of rotatable bonds is 10. The minimum atomic E-state index is -0.368. The molecule has 0 amide bonds. The van der Waals surface area contributed by atoms with Crippen LogP contribution in [-0.2, 0) is 0 Å². The number of nitrogens with zero attached hydrogens (tertiary/aromatic N) is 4. The minimum Gasteiger partial charge on any atom is -0.493 e. The minimum absolute atomic E-state index is 0.344. The van der Waals surface area contributed by atoms with Crippen LogP contribution < -0.4 is 20.5 Å². The van der Waals surface area contributed by atoms with Gasteiger partial charge in [0.2, 0.25) is 0 Å². The Morgan fingerprint density at radius 2 is 1.73 bits per heavy atom. The second-order valence-electron chi connectivity index (χ2n) is 11.1. The summed E-state index contributed by atoms with van der Waals surface area (Å²) in [4.78, 5) is 14.4. The number of ether oxygens (including phenoxy) is 2. The van der Waals surface area contributed by atoms with Crippen molar-refractivity contribution in [2.75, 3.05) is 64.5 Å². The van der Waals surface area contributed by atoms with E-state index in [0.29, 0.717) is 68.7 Å². The Bertz CT molecular complexity index is 1830. The van der Waals surface area contributed by atoms with E-state index in [1.165, 1.54) is 12.3 Å². The number of benzene rings is 4. The Hall–Kier alpha value is -5.06. The SMILES string of the molecule is COc1cc2nc(-c3ccc(-c4ccccc4)c(F)c3)nc(Nc3ccc(N)c(C=N)c3)c2cc1OCCN1CCN(C)CC1. The molecular weight excluding hydrogens is 569 g/mol.